The third-order valence-corrected chi connectivity index (χ3v) is 3.82. The van der Waals surface area contributed by atoms with Gasteiger partial charge in [-0.05, 0) is 58.7 Å². The Bertz CT molecular complexity index is 643. The third kappa shape index (κ3) is 3.47. The normalized spacial score (nSPS) is 10.3. The van der Waals surface area contributed by atoms with Gasteiger partial charge in [0.25, 0.3) is 0 Å². The van der Waals surface area contributed by atoms with Gasteiger partial charge in [-0.1, -0.05) is 29.9 Å². The van der Waals surface area contributed by atoms with Gasteiger partial charge in [0, 0.05) is 26.4 Å². The van der Waals surface area contributed by atoms with Crippen LogP contribution in [0.4, 0.5) is 11.4 Å². The number of hydrogen-bond donors (Lipinski definition) is 2. The molecule has 0 aliphatic heterocycles. The highest BCUT2D eigenvalue weighted by Gasteiger charge is 2.05. The van der Waals surface area contributed by atoms with Crippen LogP contribution in [0.2, 0.25) is 5.02 Å². The van der Waals surface area contributed by atoms with Crippen molar-refractivity contribution in [1.29, 1.82) is 0 Å². The number of hydrogen-bond acceptors (Lipinski definition) is 2. The highest BCUT2D eigenvalue weighted by atomic mass is 79.9. The number of nitrogens with two attached hydrogens (primary N) is 1. The van der Waals surface area contributed by atoms with E-state index in [1.807, 2.05) is 43.3 Å². The molecule has 2 aromatic carbocycles. The van der Waals surface area contributed by atoms with Crippen molar-refractivity contribution < 1.29 is 0 Å². The lowest BCUT2D eigenvalue weighted by molar-refractivity contribution is 1.42. The van der Waals surface area contributed by atoms with E-state index in [0.29, 0.717) is 10.0 Å². The molecule has 0 heterocycles. The molecule has 3 N–H and O–H groups in total. The smallest absolute Gasteiger partial charge is 0.105 e. The predicted molar refractivity (Wildman–Crippen MR) is 89.5 cm³/mol. The second kappa shape index (κ2) is 5.90. The standard InChI is InChI=1S/C14H12BrClN2S/c1-8-2-3-9(16)6-13(8)18-10-4-5-11(14(17)19)12(15)7-10/h2-7,18H,1H3,(H2,17,19). The molecule has 0 aliphatic carbocycles. The fourth-order valence-corrected chi connectivity index (χ4v) is 2.75. The molecule has 19 heavy (non-hydrogen) atoms. The van der Waals surface area contributed by atoms with Crippen molar-refractivity contribution in [2.45, 2.75) is 6.92 Å². The fraction of sp³-hybridized carbons (Fsp3) is 0.0714. The molecule has 0 unspecified atom stereocenters. The summed E-state index contributed by atoms with van der Waals surface area (Å²) >= 11 is 14.4. The van der Waals surface area contributed by atoms with E-state index in [4.69, 9.17) is 29.6 Å². The molecule has 2 nitrogen and oxygen atoms in total. The van der Waals surface area contributed by atoms with Gasteiger partial charge in [0.15, 0.2) is 0 Å². The second-order valence-corrected chi connectivity index (χ2v) is 5.87. The van der Waals surface area contributed by atoms with Crippen LogP contribution in [-0.2, 0) is 0 Å². The molecule has 98 valence electrons. The number of thiocarbonyl (C=S) groups is 1. The Morgan fingerprint density at radius 2 is 2.00 bits per heavy atom. The van der Waals surface area contributed by atoms with Crippen LogP contribution in [0.25, 0.3) is 0 Å². The van der Waals surface area contributed by atoms with E-state index in [0.717, 1.165) is 27.0 Å². The number of anilines is 2. The van der Waals surface area contributed by atoms with Crippen LogP contribution < -0.4 is 11.1 Å². The lowest BCUT2D eigenvalue weighted by atomic mass is 10.1. The van der Waals surface area contributed by atoms with Gasteiger partial charge in [-0.2, -0.15) is 0 Å². The summed E-state index contributed by atoms with van der Waals surface area (Å²) in [6.45, 7) is 2.02. The van der Waals surface area contributed by atoms with Gasteiger partial charge in [0.05, 0.1) is 0 Å². The molecule has 2 aromatic rings. The molecule has 0 amide bonds. The van der Waals surface area contributed by atoms with E-state index in [1.54, 1.807) is 0 Å². The number of aryl methyl sites for hydroxylation is 1. The van der Waals surface area contributed by atoms with Crippen LogP contribution in [0.3, 0.4) is 0 Å². The predicted octanol–water partition coefficient (Wildman–Crippen LogP) is 4.79. The van der Waals surface area contributed by atoms with E-state index in [-0.39, 0.29) is 0 Å². The highest BCUT2D eigenvalue weighted by Crippen LogP contribution is 2.27. The topological polar surface area (TPSA) is 38.0 Å². The van der Waals surface area contributed by atoms with Crippen LogP contribution in [0, 0.1) is 6.92 Å². The summed E-state index contributed by atoms with van der Waals surface area (Å²) in [5.74, 6) is 0. The largest absolute Gasteiger partial charge is 0.389 e. The van der Waals surface area contributed by atoms with Crippen molar-refractivity contribution in [2.24, 2.45) is 5.73 Å². The van der Waals surface area contributed by atoms with Crippen molar-refractivity contribution in [1.82, 2.24) is 0 Å². The van der Waals surface area contributed by atoms with Crippen molar-refractivity contribution >= 4 is 56.1 Å². The minimum absolute atomic E-state index is 0.373. The van der Waals surface area contributed by atoms with Gasteiger partial charge in [-0.3, -0.25) is 0 Å². The Morgan fingerprint density at radius 3 is 2.63 bits per heavy atom. The van der Waals surface area contributed by atoms with Crippen molar-refractivity contribution in [3.8, 4) is 0 Å². The number of rotatable bonds is 3. The van der Waals surface area contributed by atoms with Gasteiger partial charge in [-0.15, -0.1) is 0 Å². The van der Waals surface area contributed by atoms with Crippen LogP contribution in [0.5, 0.6) is 0 Å². The monoisotopic (exact) mass is 354 g/mol. The lowest BCUT2D eigenvalue weighted by Gasteiger charge is -2.11. The van der Waals surface area contributed by atoms with Gasteiger partial charge in [0.1, 0.15) is 4.99 Å². The number of benzene rings is 2. The van der Waals surface area contributed by atoms with E-state index < -0.39 is 0 Å². The maximum atomic E-state index is 6.00. The summed E-state index contributed by atoms with van der Waals surface area (Å²) in [7, 11) is 0. The first-order chi connectivity index (χ1) is 8.97. The molecule has 0 atom stereocenters. The first-order valence-electron chi connectivity index (χ1n) is 5.60. The van der Waals surface area contributed by atoms with Gasteiger partial charge >= 0.3 is 0 Å². The van der Waals surface area contributed by atoms with Gasteiger partial charge in [-0.25, -0.2) is 0 Å². The minimum atomic E-state index is 0.373. The van der Waals surface area contributed by atoms with Gasteiger partial charge in [0.2, 0.25) is 0 Å². The Morgan fingerprint density at radius 1 is 1.26 bits per heavy atom. The first kappa shape index (κ1) is 14.3. The summed E-state index contributed by atoms with van der Waals surface area (Å²) in [6.07, 6.45) is 0. The van der Waals surface area contributed by atoms with Crippen molar-refractivity contribution in [2.75, 3.05) is 5.32 Å². The van der Waals surface area contributed by atoms with Crippen LogP contribution >= 0.6 is 39.7 Å². The molecule has 0 aromatic heterocycles. The molecule has 0 fully saturated rings. The molecule has 0 saturated heterocycles. The summed E-state index contributed by atoms with van der Waals surface area (Å²) in [4.78, 5) is 0.373. The molecule has 5 heteroatoms. The Hall–Kier alpha value is -1.10. The summed E-state index contributed by atoms with van der Waals surface area (Å²) in [6, 6.07) is 11.5. The van der Waals surface area contributed by atoms with Crippen LogP contribution in [-0.4, -0.2) is 4.99 Å². The summed E-state index contributed by atoms with van der Waals surface area (Å²) < 4.78 is 0.865. The molecule has 0 spiro atoms. The Balaban J connectivity index is 2.31. The maximum absolute atomic E-state index is 6.00. The lowest BCUT2D eigenvalue weighted by Crippen LogP contribution is -2.10. The molecular formula is C14H12BrClN2S. The van der Waals surface area contributed by atoms with Crippen LogP contribution in [0.15, 0.2) is 40.9 Å². The SMILES string of the molecule is Cc1ccc(Cl)cc1Nc1ccc(C(N)=S)c(Br)c1. The molecule has 0 aliphatic rings. The molecule has 0 bridgehead atoms. The minimum Gasteiger partial charge on any atom is -0.389 e. The van der Waals surface area contributed by atoms with E-state index >= 15 is 0 Å². The Labute approximate surface area is 131 Å². The average Bonchev–Trinajstić information content (AvgIpc) is 2.33. The zero-order valence-electron chi connectivity index (χ0n) is 10.2. The number of nitrogens with one attached hydrogen (secondary N) is 1. The molecule has 0 radical (unpaired) electrons. The first-order valence-corrected chi connectivity index (χ1v) is 7.18. The fourth-order valence-electron chi connectivity index (χ4n) is 1.68. The van der Waals surface area contributed by atoms with Crippen molar-refractivity contribution in [3.05, 3.63) is 57.0 Å². The zero-order chi connectivity index (χ0) is 14.0. The maximum Gasteiger partial charge on any atom is 0.105 e. The van der Waals surface area contributed by atoms with E-state index in [1.165, 1.54) is 0 Å². The Kier molecular flexibility index (Phi) is 4.45. The van der Waals surface area contributed by atoms with Crippen LogP contribution in [0.1, 0.15) is 11.1 Å². The highest BCUT2D eigenvalue weighted by molar-refractivity contribution is 9.10. The zero-order valence-corrected chi connectivity index (χ0v) is 13.4. The van der Waals surface area contributed by atoms with Gasteiger partial charge < -0.3 is 11.1 Å². The number of halogens is 2. The van der Waals surface area contributed by atoms with E-state index in [9.17, 15) is 0 Å². The van der Waals surface area contributed by atoms with Crippen molar-refractivity contribution in [3.63, 3.8) is 0 Å². The quantitative estimate of drug-likeness (QED) is 0.778. The average molecular weight is 356 g/mol. The third-order valence-electron chi connectivity index (χ3n) is 2.71. The summed E-state index contributed by atoms with van der Waals surface area (Å²) in [5.41, 5.74) is 9.49. The second-order valence-electron chi connectivity index (χ2n) is 4.14. The molecule has 2 rings (SSSR count). The van der Waals surface area contributed by atoms with E-state index in [2.05, 4.69) is 21.2 Å². The molecule has 0 saturated carbocycles. The molecular weight excluding hydrogens is 344 g/mol. The summed E-state index contributed by atoms with van der Waals surface area (Å²) in [5, 5.41) is 4.02.